The second-order valence-corrected chi connectivity index (χ2v) is 6.36. The molecule has 1 unspecified atom stereocenters. The van der Waals surface area contributed by atoms with Gasteiger partial charge in [-0.25, -0.2) is 0 Å². The van der Waals surface area contributed by atoms with Gasteiger partial charge in [0.15, 0.2) is 0 Å². The molecule has 0 bridgehead atoms. The number of carboxylic acid groups (broad SMARTS) is 2. The average molecular weight is 459 g/mol. The number of carboxylic acids is 2. The monoisotopic (exact) mass is 459 g/mol. The van der Waals surface area contributed by atoms with Crippen molar-refractivity contribution >= 4 is 40.8 Å². The number of aliphatic carboxylic acids is 2. The maximum atomic E-state index is 9.99. The minimum atomic E-state index is -1.17. The van der Waals surface area contributed by atoms with Crippen LogP contribution in [0, 0.1) is 6.92 Å². The van der Waals surface area contributed by atoms with E-state index >= 15 is 0 Å². The van der Waals surface area contributed by atoms with E-state index in [-0.39, 0.29) is 12.8 Å². The molecule has 0 aromatic heterocycles. The summed E-state index contributed by atoms with van der Waals surface area (Å²) in [6.07, 6.45) is -0.224. The molecule has 0 fully saturated rings. The molecular formula is C12H16NO5Tl. The molecule has 1 rings (SSSR count). The van der Waals surface area contributed by atoms with Gasteiger partial charge in [-0.2, -0.15) is 0 Å². The van der Waals surface area contributed by atoms with E-state index in [1.54, 1.807) is 6.07 Å². The van der Waals surface area contributed by atoms with Crippen LogP contribution in [0.3, 0.4) is 0 Å². The SMILES string of the molecule is Cc1ccc(O)[c]([Tl])c1.NC(CCC(=O)O)C(=O)O. The van der Waals surface area contributed by atoms with Gasteiger partial charge < -0.3 is 15.9 Å². The van der Waals surface area contributed by atoms with E-state index in [1.165, 1.54) is 5.56 Å². The number of aryl methyl sites for hydroxylation is 1. The predicted molar refractivity (Wildman–Crippen MR) is 70.7 cm³/mol. The molecule has 19 heavy (non-hydrogen) atoms. The molecule has 5 N–H and O–H groups in total. The summed E-state index contributed by atoms with van der Waals surface area (Å²) in [6.45, 7) is 2.03. The van der Waals surface area contributed by atoms with E-state index in [2.05, 4.69) is 0 Å². The van der Waals surface area contributed by atoms with Gasteiger partial charge in [0.1, 0.15) is 6.04 Å². The number of aromatic hydroxyl groups is 1. The first-order valence-electron chi connectivity index (χ1n) is 5.49. The Morgan fingerprint density at radius 3 is 2.32 bits per heavy atom. The zero-order chi connectivity index (χ0) is 15.0. The summed E-state index contributed by atoms with van der Waals surface area (Å²) in [5.74, 6) is -1.75. The predicted octanol–water partition coefficient (Wildman–Crippen LogP) is -0.242. The van der Waals surface area contributed by atoms with Crippen LogP contribution in [-0.2, 0) is 9.59 Å². The standard InChI is InChI=1S/C7H7O.C5H9NO4.Tl/c1-6-2-4-7(8)5-3-6;6-3(5(9)10)1-2-4(7)8;/h2-4,8H,1H3;3H,1-2,6H2,(H,7,8)(H,9,10);. The van der Waals surface area contributed by atoms with E-state index in [0.29, 0.717) is 5.75 Å². The van der Waals surface area contributed by atoms with Crippen LogP contribution in [0.4, 0.5) is 0 Å². The first-order valence-corrected chi connectivity index (χ1v) is 7.73. The number of nitrogens with two attached hydrogens (primary N) is 1. The van der Waals surface area contributed by atoms with Gasteiger partial charge >= 0.3 is 82.4 Å². The number of phenols is 1. The van der Waals surface area contributed by atoms with Gasteiger partial charge in [0, 0.05) is 6.42 Å². The summed E-state index contributed by atoms with van der Waals surface area (Å²) in [5, 5.41) is 25.4. The van der Waals surface area contributed by atoms with Crippen LogP contribution >= 0.6 is 0 Å². The average Bonchev–Trinajstić information content (AvgIpc) is 2.31. The fraction of sp³-hybridized carbons (Fsp3) is 0.333. The Bertz CT molecular complexity index is 450. The summed E-state index contributed by atoms with van der Waals surface area (Å²) < 4.78 is 1.11. The van der Waals surface area contributed by atoms with E-state index in [1.807, 2.05) is 19.1 Å². The number of carbonyl (C=O) groups is 2. The minimum absolute atomic E-state index is 0.0231. The third kappa shape index (κ3) is 8.54. The van der Waals surface area contributed by atoms with Crippen LogP contribution in [0.5, 0.6) is 5.75 Å². The smallest absolute Gasteiger partial charge is 0.320 e. The topological polar surface area (TPSA) is 121 Å². The Hall–Kier alpha value is -1.16. The van der Waals surface area contributed by atoms with Crippen molar-refractivity contribution in [3.05, 3.63) is 23.8 Å². The number of hydrogen-bond acceptors (Lipinski definition) is 4. The van der Waals surface area contributed by atoms with Crippen molar-refractivity contribution in [1.82, 2.24) is 0 Å². The normalized spacial score (nSPS) is 11.0. The van der Waals surface area contributed by atoms with Gasteiger partial charge in [0.25, 0.3) is 0 Å². The number of rotatable bonds is 4. The molecule has 1 aromatic rings. The second-order valence-electron chi connectivity index (χ2n) is 3.94. The molecule has 0 saturated carbocycles. The first-order chi connectivity index (χ1) is 8.73. The van der Waals surface area contributed by atoms with Crippen molar-refractivity contribution in [3.8, 4) is 5.75 Å². The van der Waals surface area contributed by atoms with Gasteiger partial charge in [-0.1, -0.05) is 0 Å². The van der Waals surface area contributed by atoms with Crippen molar-refractivity contribution in [2.24, 2.45) is 5.73 Å². The fourth-order valence-electron chi connectivity index (χ4n) is 1.08. The van der Waals surface area contributed by atoms with Crippen molar-refractivity contribution in [2.45, 2.75) is 25.8 Å². The van der Waals surface area contributed by atoms with E-state index < -0.39 is 18.0 Å². The molecule has 0 aliphatic carbocycles. The molecule has 0 aliphatic rings. The van der Waals surface area contributed by atoms with Crippen LogP contribution in [0.2, 0.25) is 0 Å². The maximum Gasteiger partial charge on any atom is 0.320 e. The van der Waals surface area contributed by atoms with Crippen molar-refractivity contribution in [2.75, 3.05) is 0 Å². The molecule has 0 spiro atoms. The Morgan fingerprint density at radius 1 is 1.37 bits per heavy atom. The zero-order valence-electron chi connectivity index (χ0n) is 10.5. The summed E-state index contributed by atoms with van der Waals surface area (Å²) in [6, 6.07) is 4.64. The third-order valence-electron chi connectivity index (χ3n) is 2.17. The molecule has 0 heterocycles. The van der Waals surface area contributed by atoms with E-state index in [4.69, 9.17) is 21.1 Å². The molecule has 0 aliphatic heterocycles. The van der Waals surface area contributed by atoms with Crippen LogP contribution in [0.1, 0.15) is 18.4 Å². The summed E-state index contributed by atoms with van der Waals surface area (Å²) in [4.78, 5) is 19.9. The van der Waals surface area contributed by atoms with Crippen LogP contribution in [-0.4, -0.2) is 59.1 Å². The van der Waals surface area contributed by atoms with Gasteiger partial charge in [0.2, 0.25) is 0 Å². The molecular weight excluding hydrogens is 443 g/mol. The van der Waals surface area contributed by atoms with Gasteiger partial charge in [-0.3, -0.25) is 9.59 Å². The molecule has 0 radical (unpaired) electrons. The van der Waals surface area contributed by atoms with Gasteiger partial charge in [-0.05, 0) is 6.42 Å². The molecule has 0 amide bonds. The Kier molecular flexibility index (Phi) is 8.32. The van der Waals surface area contributed by atoms with Gasteiger partial charge in [0.05, 0.1) is 0 Å². The third-order valence-corrected chi connectivity index (χ3v) is 3.97. The summed E-state index contributed by atoms with van der Waals surface area (Å²) in [5.41, 5.74) is 6.23. The Balaban J connectivity index is 0.000000342. The molecule has 6 nitrogen and oxygen atoms in total. The summed E-state index contributed by atoms with van der Waals surface area (Å²) in [7, 11) is 0. The maximum absolute atomic E-state index is 9.99. The fourth-order valence-corrected chi connectivity index (χ4v) is 2.47. The van der Waals surface area contributed by atoms with Crippen LogP contribution < -0.4 is 8.86 Å². The number of phenolic OH excluding ortho intramolecular Hbond substituents is 1. The minimum Gasteiger partial charge on any atom is -0.481 e. The number of hydrogen-bond donors (Lipinski definition) is 4. The Morgan fingerprint density at radius 2 is 1.95 bits per heavy atom. The second kappa shape index (κ2) is 8.86. The largest absolute Gasteiger partial charge is 0.481 e. The van der Waals surface area contributed by atoms with Gasteiger partial charge in [-0.15, -0.1) is 0 Å². The first kappa shape index (κ1) is 17.8. The van der Waals surface area contributed by atoms with Crippen LogP contribution in [0.15, 0.2) is 18.2 Å². The Labute approximate surface area is 126 Å². The van der Waals surface area contributed by atoms with E-state index in [9.17, 15) is 9.59 Å². The number of benzene rings is 1. The van der Waals surface area contributed by atoms with Crippen molar-refractivity contribution in [1.29, 1.82) is 0 Å². The van der Waals surface area contributed by atoms with Crippen molar-refractivity contribution in [3.63, 3.8) is 0 Å². The molecule has 1 aromatic carbocycles. The zero-order valence-corrected chi connectivity index (χ0v) is 15.0. The molecule has 7 heteroatoms. The molecule has 0 saturated heterocycles. The quantitative estimate of drug-likeness (QED) is 0.462. The molecule has 1 atom stereocenters. The molecule has 102 valence electrons. The van der Waals surface area contributed by atoms with Crippen molar-refractivity contribution < 1.29 is 24.9 Å². The van der Waals surface area contributed by atoms with Crippen LogP contribution in [0.25, 0.3) is 0 Å². The summed E-state index contributed by atoms with van der Waals surface area (Å²) >= 11 is 0.731. The van der Waals surface area contributed by atoms with E-state index in [0.717, 1.165) is 28.9 Å².